The zero-order valence-corrected chi connectivity index (χ0v) is 37.8. The molecule has 2 aromatic carbocycles. The number of quaternary nitrogens is 2. The van der Waals surface area contributed by atoms with E-state index in [1.54, 1.807) is 13.8 Å². The van der Waals surface area contributed by atoms with Gasteiger partial charge in [-0.1, -0.05) is 20.3 Å². The van der Waals surface area contributed by atoms with Crippen LogP contribution in [0, 0.1) is 29.1 Å². The second kappa shape index (κ2) is 17.9. The number of fused-ring (bicyclic) bond motifs is 4. The summed E-state index contributed by atoms with van der Waals surface area (Å²) in [6.07, 6.45) is 8.31. The van der Waals surface area contributed by atoms with E-state index in [2.05, 4.69) is 14.1 Å². The number of carbonyl (C=O) groups is 4. The van der Waals surface area contributed by atoms with Crippen LogP contribution < -0.4 is 38.6 Å². The molecule has 5 fully saturated rings. The van der Waals surface area contributed by atoms with Crippen molar-refractivity contribution < 1.29 is 66.8 Å². The number of hydrogen-bond acceptors (Lipinski definition) is 12. The summed E-state index contributed by atoms with van der Waals surface area (Å²) in [7, 11) is 10.7. The minimum Gasteiger partial charge on any atom is -0.550 e. The lowest BCUT2D eigenvalue weighted by Crippen LogP contribution is -2.66. The predicted octanol–water partition coefficient (Wildman–Crippen LogP) is 4.73. The molecule has 0 amide bonds. The number of ether oxygens (including phenoxy) is 6. The molecule has 5 unspecified atom stereocenters. The van der Waals surface area contributed by atoms with E-state index in [0.717, 1.165) is 58.6 Å². The molecule has 1 saturated carbocycles. The third-order valence-electron chi connectivity index (χ3n) is 16.4. The van der Waals surface area contributed by atoms with Crippen molar-refractivity contribution in [2.45, 2.75) is 135 Å². The van der Waals surface area contributed by atoms with Gasteiger partial charge >= 0.3 is 11.9 Å². The molecule has 0 N–H and O–H groups in total. The van der Waals surface area contributed by atoms with Gasteiger partial charge in [0.2, 0.25) is 11.5 Å². The molecule has 14 nitrogen and oxygen atoms in total. The van der Waals surface area contributed by atoms with E-state index in [9.17, 15) is 29.4 Å². The summed E-state index contributed by atoms with van der Waals surface area (Å²) in [4.78, 5) is 51.8. The Morgan fingerprint density at radius 3 is 1.35 bits per heavy atom. The minimum absolute atomic E-state index is 0.111. The van der Waals surface area contributed by atoms with Gasteiger partial charge in [0.1, 0.15) is 13.1 Å². The van der Waals surface area contributed by atoms with Crippen LogP contribution in [0.15, 0.2) is 24.3 Å². The van der Waals surface area contributed by atoms with Gasteiger partial charge in [-0.15, -0.1) is 0 Å². The highest BCUT2D eigenvalue weighted by atomic mass is 16.6. The number of methoxy groups -OCH3 is 4. The highest BCUT2D eigenvalue weighted by Gasteiger charge is 2.63. The molecule has 11 atom stereocenters. The minimum atomic E-state index is -1.29. The van der Waals surface area contributed by atoms with Crippen LogP contribution in [0.25, 0.3) is 0 Å². The van der Waals surface area contributed by atoms with Crippen LogP contribution in [0.5, 0.6) is 34.5 Å². The van der Waals surface area contributed by atoms with Gasteiger partial charge in [-0.3, -0.25) is 9.59 Å². The smallest absolute Gasteiger partial charge is 0.311 e. The normalized spacial score (nSPS) is 33.6. The van der Waals surface area contributed by atoms with Crippen LogP contribution in [0.4, 0.5) is 0 Å². The van der Waals surface area contributed by atoms with Gasteiger partial charge in [-0.2, -0.15) is 0 Å². The van der Waals surface area contributed by atoms with Crippen molar-refractivity contribution in [1.82, 2.24) is 0 Å². The first kappa shape index (κ1) is 45.5. The fourth-order valence-corrected chi connectivity index (χ4v) is 13.4. The molecule has 2 aromatic rings. The lowest BCUT2D eigenvalue weighted by Gasteiger charge is -2.60. The van der Waals surface area contributed by atoms with Crippen LogP contribution in [0.3, 0.4) is 0 Å². The molecule has 4 heterocycles. The number of nitrogens with zero attached hydrogens (tertiary/aromatic N) is 2. The van der Waals surface area contributed by atoms with E-state index in [1.807, 2.05) is 24.3 Å². The van der Waals surface area contributed by atoms with Gasteiger partial charge in [0.15, 0.2) is 23.0 Å². The van der Waals surface area contributed by atoms with Crippen LogP contribution in [0.1, 0.15) is 108 Å². The van der Waals surface area contributed by atoms with E-state index in [0.29, 0.717) is 68.2 Å². The standard InChI is InChI=1S/C48H66N2O12/c1-9-41(51)61-44-37(57-5)18-28(19-38(44)58-6)26-49(3)32-13-14-33(49)23-30(22-32)43-36(46(53)54)12-11-17-48(43,47(55)56)31-24-34-15-16-35(25-31)50(34,4)27-29-20-39(59-7)45(40(21-29)60-8)62-42(52)10-2/h18-21,30-36,43H,9-17,22-27H2,1-8H3/t30-,31-,32+,33-,34+,35-,36?,43?,48?,49?,50?. The summed E-state index contributed by atoms with van der Waals surface area (Å²) < 4.78 is 35.4. The molecule has 14 heteroatoms. The molecule has 5 aliphatic rings. The first-order chi connectivity index (χ1) is 29.6. The molecule has 340 valence electrons. The summed E-state index contributed by atoms with van der Waals surface area (Å²) in [6.45, 7) is 4.75. The third-order valence-corrected chi connectivity index (χ3v) is 16.4. The van der Waals surface area contributed by atoms with Gasteiger partial charge in [0.05, 0.1) is 66.7 Å². The Morgan fingerprint density at radius 2 is 1.02 bits per heavy atom. The van der Waals surface area contributed by atoms with Crippen LogP contribution >= 0.6 is 0 Å². The molecule has 4 saturated heterocycles. The van der Waals surface area contributed by atoms with Gasteiger partial charge in [0.25, 0.3) is 0 Å². The SMILES string of the molecule is CCC(=O)Oc1c(OC)cc(C[N+]2(C)[C@@H]3CC[C@H]2C[C@@H](C2C(C(=O)[O-])CCCC2(C(=O)[O-])[C@H]2C[C@H]4CC[C@@H](C2)[N+]4(C)Cc2cc(OC)c(OC(=O)CC)c(OC)c2)C3)cc1OC. The molecule has 62 heavy (non-hydrogen) atoms. The molecule has 0 aromatic heterocycles. The molecular formula is C48H66N2O12. The Balaban J connectivity index is 1.16. The van der Waals surface area contributed by atoms with Crippen LogP contribution in [0.2, 0.25) is 0 Å². The molecular weight excluding hydrogens is 797 g/mol. The molecule has 4 aliphatic heterocycles. The zero-order chi connectivity index (χ0) is 44.7. The lowest BCUT2D eigenvalue weighted by molar-refractivity contribution is -0.962. The maximum Gasteiger partial charge on any atom is 0.311 e. The number of benzene rings is 2. The Bertz CT molecular complexity index is 1960. The van der Waals surface area contributed by atoms with E-state index in [4.69, 9.17) is 28.4 Å². The second-order valence-electron chi connectivity index (χ2n) is 19.2. The summed E-state index contributed by atoms with van der Waals surface area (Å²) in [6, 6.07) is 8.28. The Hall–Kier alpha value is -4.56. The molecule has 1 aliphatic carbocycles. The summed E-state index contributed by atoms with van der Waals surface area (Å²) in [5.41, 5.74) is 0.638. The van der Waals surface area contributed by atoms with Crippen LogP contribution in [-0.4, -0.2) is 99.5 Å². The third kappa shape index (κ3) is 7.88. The molecule has 4 bridgehead atoms. The van der Waals surface area contributed by atoms with E-state index in [-0.39, 0.29) is 60.3 Å². The van der Waals surface area contributed by atoms with E-state index >= 15 is 0 Å². The number of esters is 2. The van der Waals surface area contributed by atoms with Gasteiger partial charge in [0, 0.05) is 98.6 Å². The molecule has 0 spiro atoms. The number of carboxylic acids is 2. The van der Waals surface area contributed by atoms with Gasteiger partial charge in [-0.25, -0.2) is 0 Å². The first-order valence-electron chi connectivity index (χ1n) is 22.6. The average Bonchev–Trinajstić information content (AvgIpc) is 3.48. The Kier molecular flexibility index (Phi) is 13.1. The number of carbonyl (C=O) groups excluding carboxylic acids is 4. The van der Waals surface area contributed by atoms with Crippen molar-refractivity contribution in [1.29, 1.82) is 0 Å². The fraction of sp³-hybridized carbons (Fsp3) is 0.667. The predicted molar refractivity (Wildman–Crippen MR) is 223 cm³/mol. The number of hydrogen-bond donors (Lipinski definition) is 0. The number of carboxylic acid groups (broad SMARTS) is 2. The number of piperidine rings is 2. The van der Waals surface area contributed by atoms with Gasteiger partial charge < -0.3 is 57.2 Å². The van der Waals surface area contributed by atoms with Crippen LogP contribution in [-0.2, 0) is 32.3 Å². The number of aliphatic carboxylic acids is 2. The second-order valence-corrected chi connectivity index (χ2v) is 19.2. The topological polar surface area (TPSA) is 170 Å². The zero-order valence-electron chi connectivity index (χ0n) is 37.8. The van der Waals surface area contributed by atoms with Gasteiger partial charge in [-0.05, 0) is 54.9 Å². The maximum absolute atomic E-state index is 14.1. The highest BCUT2D eigenvalue weighted by molar-refractivity contribution is 5.77. The van der Waals surface area contributed by atoms with Crippen molar-refractivity contribution in [3.8, 4) is 34.5 Å². The summed E-state index contributed by atoms with van der Waals surface area (Å²) in [5.74, 6) is -2.69. The first-order valence-corrected chi connectivity index (χ1v) is 22.6. The monoisotopic (exact) mass is 862 g/mol. The largest absolute Gasteiger partial charge is 0.550 e. The number of rotatable bonds is 16. The van der Waals surface area contributed by atoms with Crippen molar-refractivity contribution in [3.63, 3.8) is 0 Å². The van der Waals surface area contributed by atoms with E-state index in [1.165, 1.54) is 28.4 Å². The van der Waals surface area contributed by atoms with Crippen molar-refractivity contribution in [3.05, 3.63) is 35.4 Å². The molecule has 0 radical (unpaired) electrons. The van der Waals surface area contributed by atoms with Crippen molar-refractivity contribution in [2.24, 2.45) is 29.1 Å². The Labute approximate surface area is 365 Å². The Morgan fingerprint density at radius 1 is 0.629 bits per heavy atom. The van der Waals surface area contributed by atoms with Crippen molar-refractivity contribution in [2.75, 3.05) is 42.5 Å². The summed E-state index contributed by atoms with van der Waals surface area (Å²) in [5, 5.41) is 27.3. The molecule has 7 rings (SSSR count). The quantitative estimate of drug-likeness (QED) is 0.129. The summed E-state index contributed by atoms with van der Waals surface area (Å²) >= 11 is 0. The van der Waals surface area contributed by atoms with E-state index < -0.39 is 41.1 Å². The average molecular weight is 863 g/mol. The lowest BCUT2D eigenvalue weighted by atomic mass is 9.49. The fourth-order valence-electron chi connectivity index (χ4n) is 13.4. The highest BCUT2D eigenvalue weighted by Crippen LogP contribution is 2.62. The maximum atomic E-state index is 14.1. The van der Waals surface area contributed by atoms with Crippen molar-refractivity contribution >= 4 is 23.9 Å².